The summed E-state index contributed by atoms with van der Waals surface area (Å²) in [4.78, 5) is 12.2. The fraction of sp³-hybridized carbons (Fsp3) is 0.200. The molecule has 6 aromatic carbocycles. The summed E-state index contributed by atoms with van der Waals surface area (Å²) >= 11 is 4.13. The van der Waals surface area contributed by atoms with Crippen molar-refractivity contribution < 1.29 is 115 Å². The summed E-state index contributed by atoms with van der Waals surface area (Å²) in [6, 6.07) is 13.4. The summed E-state index contributed by atoms with van der Waals surface area (Å²) in [5, 5.41) is 1.13. The van der Waals surface area contributed by atoms with Gasteiger partial charge in [-0.1, -0.05) is 91.0 Å². The lowest BCUT2D eigenvalue weighted by atomic mass is 9.12. The molecule has 0 saturated heterocycles. The van der Waals surface area contributed by atoms with Crippen molar-refractivity contribution in [3.05, 3.63) is 195 Å². The Morgan fingerprint density at radius 3 is 0.897 bits per heavy atom. The van der Waals surface area contributed by atoms with E-state index in [4.69, 9.17) is 0 Å². The van der Waals surface area contributed by atoms with E-state index in [1.54, 1.807) is 0 Å². The zero-order valence-electron chi connectivity index (χ0n) is 38.1. The van der Waals surface area contributed by atoms with Crippen LogP contribution in [0.25, 0.3) is 10.9 Å². The second kappa shape index (κ2) is 21.1. The van der Waals surface area contributed by atoms with Gasteiger partial charge in [0.2, 0.25) is 17.0 Å². The van der Waals surface area contributed by atoms with Gasteiger partial charge in [0.15, 0.2) is 6.54 Å². The number of hydrogen-bond acceptors (Lipinski definition) is 2. The number of benzene rings is 6. The SMILES string of the molecule is FC(F)(F)c1cc([B-](c2cc(C(F)(F)F)cc(C(F)(F)F)c2)(c2cc(C(F)(F)F)cc(C(F)(F)F)c2)c2cc(C(F)(F)F)cc(C(F)(F)F)c2)cc(C(F)(F)F)c1.O=C(CS)c1ccc2ccccc2[n+]1Cc1ccccc1. The molecule has 0 amide bonds. The fourth-order valence-electron chi connectivity index (χ4n) is 8.59. The van der Waals surface area contributed by atoms with E-state index in [9.17, 15) is 110 Å². The predicted octanol–water partition coefficient (Wildman–Crippen LogP) is 14.5. The largest absolute Gasteiger partial charge is 0.416 e. The van der Waals surface area contributed by atoms with Crippen molar-refractivity contribution >= 4 is 57.3 Å². The van der Waals surface area contributed by atoms with Crippen LogP contribution in [0.1, 0.15) is 60.6 Å². The van der Waals surface area contributed by atoms with Gasteiger partial charge in [-0.25, -0.2) is 0 Å². The van der Waals surface area contributed by atoms with E-state index in [0.717, 1.165) is 10.9 Å². The van der Waals surface area contributed by atoms with Crippen molar-refractivity contribution in [3.63, 3.8) is 0 Å². The third-order valence-corrected chi connectivity index (χ3v) is 12.3. The number of hydrogen-bond donors (Lipinski definition) is 1. The average molecular weight is 1160 g/mol. The van der Waals surface area contributed by atoms with Gasteiger partial charge in [-0.05, 0) is 36.4 Å². The molecule has 0 N–H and O–H groups in total. The number of Topliss-reactive ketones (excluding diaryl/α,β-unsaturated/α-hetero) is 1. The van der Waals surface area contributed by atoms with Crippen molar-refractivity contribution in [3.8, 4) is 0 Å². The molecule has 0 aliphatic carbocycles. The zero-order chi connectivity index (χ0) is 58.6. The lowest BCUT2D eigenvalue weighted by Crippen LogP contribution is -2.75. The number of rotatable bonds is 8. The van der Waals surface area contributed by atoms with Crippen LogP contribution in [0.3, 0.4) is 0 Å². The summed E-state index contributed by atoms with van der Waals surface area (Å²) in [5.74, 6) is 0.257. The van der Waals surface area contributed by atoms with Gasteiger partial charge >= 0.3 is 49.4 Å². The molecule has 0 spiro atoms. The van der Waals surface area contributed by atoms with E-state index < -0.39 is 195 Å². The molecule has 0 aliphatic heterocycles. The molecule has 1 aromatic heterocycles. The molecule has 0 fully saturated rings. The molecule has 1 heterocycles. The third kappa shape index (κ3) is 13.3. The minimum absolute atomic E-state index is 0.0417. The van der Waals surface area contributed by atoms with Gasteiger partial charge in [0.1, 0.15) is 6.15 Å². The van der Waals surface area contributed by atoms with Crippen LogP contribution in [0.15, 0.2) is 140 Å². The van der Waals surface area contributed by atoms with E-state index in [1.807, 2.05) is 48.5 Å². The van der Waals surface area contributed by atoms with Crippen LogP contribution < -0.4 is 26.4 Å². The number of nitrogens with zero attached hydrogens (tertiary/aromatic N) is 1. The van der Waals surface area contributed by atoms with Crippen molar-refractivity contribution in [1.82, 2.24) is 0 Å². The molecule has 2 nitrogen and oxygen atoms in total. The maximum absolute atomic E-state index is 14.2. The first-order valence-corrected chi connectivity index (χ1v) is 22.1. The predicted molar refractivity (Wildman–Crippen MR) is 238 cm³/mol. The summed E-state index contributed by atoms with van der Waals surface area (Å²) < 4.78 is 343. The fourth-order valence-corrected chi connectivity index (χ4v) is 8.76. The van der Waals surface area contributed by atoms with Crippen LogP contribution in [0.5, 0.6) is 0 Å². The molecule has 416 valence electrons. The molecule has 0 saturated carbocycles. The lowest BCUT2D eigenvalue weighted by molar-refractivity contribution is -0.664. The van der Waals surface area contributed by atoms with Gasteiger partial charge in [-0.15, -0.1) is 0 Å². The molecule has 7 rings (SSSR count). The Kier molecular flexibility index (Phi) is 16.3. The molecule has 0 aliphatic rings. The van der Waals surface area contributed by atoms with Crippen LogP contribution in [0.2, 0.25) is 0 Å². The first kappa shape index (κ1) is 60.4. The molecule has 0 atom stereocenters. The summed E-state index contributed by atoms with van der Waals surface area (Å²) in [6.07, 6.45) is -54.8. The topological polar surface area (TPSA) is 20.9 Å². The minimum atomic E-state index is -6.13. The highest BCUT2D eigenvalue weighted by molar-refractivity contribution is 7.81. The number of fused-ring (bicyclic) bond motifs is 1. The molecule has 0 bridgehead atoms. The number of carbonyl (C=O) groups excluding carboxylic acids is 1. The Balaban J connectivity index is 0.000000387. The van der Waals surface area contributed by atoms with Gasteiger partial charge < -0.3 is 0 Å². The number of para-hydroxylation sites is 1. The second-order valence-corrected chi connectivity index (χ2v) is 17.5. The first-order chi connectivity index (χ1) is 35.6. The molecule has 7 aromatic rings. The highest BCUT2D eigenvalue weighted by Gasteiger charge is 2.47. The second-order valence-electron chi connectivity index (χ2n) is 17.2. The highest BCUT2D eigenvalue weighted by Crippen LogP contribution is 2.41. The normalized spacial score (nSPS) is 13.3. The Bertz CT molecular complexity index is 2890. The number of pyridine rings is 1. The number of halogens is 24. The molecule has 0 radical (unpaired) electrons. The van der Waals surface area contributed by atoms with Gasteiger partial charge in [0.25, 0.3) is 0 Å². The van der Waals surface area contributed by atoms with Crippen molar-refractivity contribution in [2.45, 2.75) is 56.0 Å². The lowest BCUT2D eigenvalue weighted by Gasteiger charge is -2.46. The van der Waals surface area contributed by atoms with Crippen LogP contribution in [0, 0.1) is 0 Å². The van der Waals surface area contributed by atoms with Crippen molar-refractivity contribution in [1.29, 1.82) is 0 Å². The standard InChI is InChI=1S/C32H12BF24.C18H15NOS/c34-25(35,36)13-1-14(26(37,38)39)6-21(5-13)33(22-7-15(27(40,41)42)2-16(8-22)28(43,44)45,23-9-17(29(46,47)48)3-18(10-23)30(49,50)51)24-11-19(31(52,53)54)4-20(12-24)32(55,56)57;20-18(13-21)17-11-10-15-8-4-5-9-16(15)19(17)12-14-6-2-1-3-7-14/h1-12H;1-11H,12-13H2/q-1;/p+1. The van der Waals surface area contributed by atoms with E-state index >= 15 is 0 Å². The Morgan fingerprint density at radius 2 is 0.628 bits per heavy atom. The zero-order valence-corrected chi connectivity index (χ0v) is 39.0. The Hall–Kier alpha value is -6.87. The quantitative estimate of drug-likeness (QED) is 0.0529. The van der Waals surface area contributed by atoms with Gasteiger partial charge in [-0.2, -0.15) is 144 Å². The van der Waals surface area contributed by atoms with E-state index in [2.05, 4.69) is 35.4 Å². The molecular formula is C50H28BF24NOS. The maximum atomic E-state index is 14.2. The highest BCUT2D eigenvalue weighted by atomic mass is 32.1. The molecular weight excluding hydrogens is 1130 g/mol. The van der Waals surface area contributed by atoms with Crippen LogP contribution >= 0.6 is 12.6 Å². The third-order valence-electron chi connectivity index (χ3n) is 12.0. The molecule has 78 heavy (non-hydrogen) atoms. The van der Waals surface area contributed by atoms with E-state index in [-0.39, 0.29) is 11.5 Å². The van der Waals surface area contributed by atoms with Gasteiger partial charge in [0, 0.05) is 23.1 Å². The summed E-state index contributed by atoms with van der Waals surface area (Å²) in [5.41, 5.74) is -27.3. The molecule has 28 heteroatoms. The number of alkyl halides is 24. The van der Waals surface area contributed by atoms with Crippen LogP contribution in [-0.2, 0) is 56.0 Å². The summed E-state index contributed by atoms with van der Waals surface area (Å²) in [6.45, 7) is 0.678. The summed E-state index contributed by atoms with van der Waals surface area (Å²) in [7, 11) is 0. The Labute approximate surface area is 428 Å². The first-order valence-electron chi connectivity index (χ1n) is 21.5. The molecule has 0 unspecified atom stereocenters. The number of thiol groups is 1. The number of aromatic nitrogens is 1. The maximum Gasteiger partial charge on any atom is 0.416 e. The average Bonchev–Trinajstić information content (AvgIpc) is 3.32. The Morgan fingerprint density at radius 1 is 0.359 bits per heavy atom. The van der Waals surface area contributed by atoms with Crippen molar-refractivity contribution in [2.75, 3.05) is 5.75 Å². The van der Waals surface area contributed by atoms with E-state index in [1.165, 1.54) is 5.56 Å². The monoisotopic (exact) mass is 1160 g/mol. The van der Waals surface area contributed by atoms with E-state index in [0.29, 0.717) is 12.2 Å². The smallest absolute Gasteiger partial charge is 0.286 e. The van der Waals surface area contributed by atoms with Crippen LogP contribution in [0.4, 0.5) is 105 Å². The van der Waals surface area contributed by atoms with Gasteiger partial charge in [0.05, 0.1) is 50.3 Å². The minimum Gasteiger partial charge on any atom is -0.286 e. The number of ketones is 1. The van der Waals surface area contributed by atoms with Crippen molar-refractivity contribution in [2.24, 2.45) is 0 Å². The number of carbonyl (C=O) groups is 1. The van der Waals surface area contributed by atoms with Gasteiger partial charge in [-0.3, -0.25) is 4.79 Å². The van der Waals surface area contributed by atoms with Crippen LogP contribution in [-0.4, -0.2) is 17.7 Å².